The summed E-state index contributed by atoms with van der Waals surface area (Å²) >= 11 is 0. The summed E-state index contributed by atoms with van der Waals surface area (Å²) in [5.41, 5.74) is 0. The zero-order chi connectivity index (χ0) is 6.28. The Labute approximate surface area is 93.5 Å². The predicted octanol–water partition coefficient (Wildman–Crippen LogP) is -2.58. The summed E-state index contributed by atoms with van der Waals surface area (Å²) in [5, 5.41) is 0. The van der Waals surface area contributed by atoms with E-state index < -0.39 is 8.60 Å². The fourth-order valence-electron chi connectivity index (χ4n) is 0. The zero-order valence-corrected chi connectivity index (χ0v) is 9.38. The van der Waals surface area contributed by atoms with E-state index in [1.807, 2.05) is 20.3 Å². The molecule has 0 saturated carbocycles. The first-order valence-corrected chi connectivity index (χ1v) is 2.95. The molecule has 0 saturated heterocycles. The molecule has 3 N–H and O–H groups in total. The molecule has 0 radical (unpaired) electrons. The Morgan fingerprint density at radius 1 is 1.12 bits per heavy atom. The normalized spacial score (nSPS) is 6.75. The van der Waals surface area contributed by atoms with Gasteiger partial charge in [0.25, 0.3) is 0 Å². The van der Waals surface area contributed by atoms with E-state index in [2.05, 4.69) is 0 Å². The van der Waals surface area contributed by atoms with Gasteiger partial charge < -0.3 is 21.1 Å². The van der Waals surface area contributed by atoms with Crippen LogP contribution in [0, 0.1) is 6.42 Å². The van der Waals surface area contributed by atoms with E-state index in [9.17, 15) is 0 Å². The minimum Gasteiger partial charge on any atom is -0.335 e. The van der Waals surface area contributed by atoms with Crippen molar-refractivity contribution in [2.24, 2.45) is 0 Å². The first-order chi connectivity index (χ1) is 3.15. The zero-order valence-electron chi connectivity index (χ0n) is 5.37. The van der Waals surface area contributed by atoms with Crippen LogP contribution in [0.15, 0.2) is 0 Å². The molecule has 0 aromatic heterocycles. The van der Waals surface area contributed by atoms with Gasteiger partial charge in [0.2, 0.25) is 0 Å². The fourth-order valence-corrected chi connectivity index (χ4v) is 0. The Bertz CT molecular complexity index is 25.7. The molecule has 3 nitrogen and oxygen atoms in total. The molecule has 8 heavy (non-hydrogen) atoms. The molecule has 0 amide bonds. The van der Waals surface area contributed by atoms with Gasteiger partial charge in [0.15, 0.2) is 0 Å². The van der Waals surface area contributed by atoms with Crippen LogP contribution in [-0.2, 0) is 0 Å². The van der Waals surface area contributed by atoms with Gasteiger partial charge in [0.1, 0.15) is 0 Å². The minimum absolute atomic E-state index is 0. The van der Waals surface area contributed by atoms with E-state index in [4.69, 9.17) is 14.7 Å². The molecule has 0 rings (SSSR count). The van der Waals surface area contributed by atoms with Crippen LogP contribution in [0.25, 0.3) is 0 Å². The van der Waals surface area contributed by atoms with Gasteiger partial charge >= 0.3 is 60.0 Å². The Balaban J connectivity index is -0.0000000575. The second-order valence-corrected chi connectivity index (χ2v) is 1.38. The standard InChI is InChI=1S/C3H7.K.H3O3P/c1-3-2;;1-4(2)3/h3H,1-2H3;;1-3H/q-1;+1;. The Kier molecular flexibility index (Phi) is 32.9. The second kappa shape index (κ2) is 16.0. The summed E-state index contributed by atoms with van der Waals surface area (Å²) in [7, 11) is -2.62. The summed E-state index contributed by atoms with van der Waals surface area (Å²) < 4.78 is 0. The van der Waals surface area contributed by atoms with Crippen molar-refractivity contribution in [3.8, 4) is 0 Å². The Morgan fingerprint density at radius 2 is 1.12 bits per heavy atom. The largest absolute Gasteiger partial charge is 1.00 e. The van der Waals surface area contributed by atoms with Crippen molar-refractivity contribution in [3.05, 3.63) is 6.42 Å². The quantitative estimate of drug-likeness (QED) is 0.209. The van der Waals surface area contributed by atoms with Crippen molar-refractivity contribution in [3.63, 3.8) is 0 Å². The van der Waals surface area contributed by atoms with E-state index in [1.165, 1.54) is 0 Å². The number of rotatable bonds is 0. The van der Waals surface area contributed by atoms with Crippen molar-refractivity contribution in [2.45, 2.75) is 13.8 Å². The molecular formula is C3H10KO3P. The monoisotopic (exact) mass is 164 g/mol. The third-order valence-corrected chi connectivity index (χ3v) is 0. The van der Waals surface area contributed by atoms with E-state index in [0.29, 0.717) is 0 Å². The van der Waals surface area contributed by atoms with Gasteiger partial charge in [0, 0.05) is 0 Å². The average molecular weight is 164 g/mol. The first kappa shape index (κ1) is 16.5. The molecule has 0 atom stereocenters. The van der Waals surface area contributed by atoms with Gasteiger partial charge in [-0.05, 0) is 0 Å². The smallest absolute Gasteiger partial charge is 0.335 e. The van der Waals surface area contributed by atoms with Gasteiger partial charge in [0.05, 0.1) is 0 Å². The van der Waals surface area contributed by atoms with Crippen molar-refractivity contribution in [1.29, 1.82) is 0 Å². The maximum Gasteiger partial charge on any atom is 1.00 e. The van der Waals surface area contributed by atoms with Gasteiger partial charge in [-0.3, -0.25) is 0 Å². The first-order valence-electron chi connectivity index (χ1n) is 1.75. The predicted molar refractivity (Wildman–Crippen MR) is 29.2 cm³/mol. The van der Waals surface area contributed by atoms with Gasteiger partial charge in [-0.2, -0.15) is 13.8 Å². The summed E-state index contributed by atoms with van der Waals surface area (Å²) in [6.07, 6.45) is 2.00. The third kappa shape index (κ3) is 101. The number of hydrogen-bond donors (Lipinski definition) is 3. The minimum atomic E-state index is -2.62. The molecule has 46 valence electrons. The molecule has 0 aromatic carbocycles. The maximum atomic E-state index is 7.23. The summed E-state index contributed by atoms with van der Waals surface area (Å²) in [4.78, 5) is 21.7. The van der Waals surface area contributed by atoms with Crippen LogP contribution in [0.3, 0.4) is 0 Å². The summed E-state index contributed by atoms with van der Waals surface area (Å²) in [6.45, 7) is 4.00. The molecular weight excluding hydrogens is 154 g/mol. The van der Waals surface area contributed by atoms with E-state index in [1.54, 1.807) is 0 Å². The van der Waals surface area contributed by atoms with Crippen LogP contribution < -0.4 is 51.4 Å². The molecule has 5 heteroatoms. The Hall–Kier alpha value is 1.95. The summed E-state index contributed by atoms with van der Waals surface area (Å²) in [6, 6.07) is 0. The molecule has 0 aliphatic rings. The molecule has 0 aromatic rings. The molecule has 0 unspecified atom stereocenters. The van der Waals surface area contributed by atoms with Gasteiger partial charge in [-0.25, -0.2) is 0 Å². The van der Waals surface area contributed by atoms with Crippen LogP contribution >= 0.6 is 8.60 Å². The van der Waals surface area contributed by atoms with Crippen LogP contribution in [-0.4, -0.2) is 14.7 Å². The fraction of sp³-hybridized carbons (Fsp3) is 0.667. The van der Waals surface area contributed by atoms with Crippen LogP contribution in [0.4, 0.5) is 0 Å². The topological polar surface area (TPSA) is 60.7 Å². The van der Waals surface area contributed by atoms with E-state index in [-0.39, 0.29) is 51.4 Å². The third-order valence-electron chi connectivity index (χ3n) is 0. The molecule has 0 spiro atoms. The van der Waals surface area contributed by atoms with E-state index >= 15 is 0 Å². The van der Waals surface area contributed by atoms with E-state index in [0.717, 1.165) is 0 Å². The molecule has 0 heterocycles. The molecule has 0 aliphatic carbocycles. The van der Waals surface area contributed by atoms with Crippen LogP contribution in [0.5, 0.6) is 0 Å². The second-order valence-electron chi connectivity index (χ2n) is 0.846. The number of hydrogen-bond acceptors (Lipinski definition) is 3. The van der Waals surface area contributed by atoms with Crippen molar-refractivity contribution in [1.82, 2.24) is 0 Å². The van der Waals surface area contributed by atoms with Crippen LogP contribution in [0.1, 0.15) is 13.8 Å². The van der Waals surface area contributed by atoms with Crippen molar-refractivity contribution < 1.29 is 66.1 Å². The molecule has 0 aliphatic heterocycles. The summed E-state index contributed by atoms with van der Waals surface area (Å²) in [5.74, 6) is 0. The van der Waals surface area contributed by atoms with Gasteiger partial charge in [-0.1, -0.05) is 0 Å². The van der Waals surface area contributed by atoms with Crippen LogP contribution in [0.2, 0.25) is 0 Å². The maximum absolute atomic E-state index is 7.23. The van der Waals surface area contributed by atoms with Gasteiger partial charge in [-0.15, -0.1) is 0 Å². The molecule has 0 bridgehead atoms. The van der Waals surface area contributed by atoms with Crippen molar-refractivity contribution >= 4 is 8.60 Å². The van der Waals surface area contributed by atoms with Crippen molar-refractivity contribution in [2.75, 3.05) is 0 Å². The Morgan fingerprint density at radius 3 is 1.12 bits per heavy atom. The SMILES string of the molecule is C[CH-]C.OP(O)O.[K+]. The molecule has 0 fully saturated rings. The average Bonchev–Trinajstić information content (AvgIpc) is 1.33.